The molecule has 2 N–H and O–H groups in total. The predicted molar refractivity (Wildman–Crippen MR) is 102 cm³/mol. The van der Waals surface area contributed by atoms with E-state index in [-0.39, 0.29) is 12.5 Å². The SMILES string of the molecule is CN=C(NCC(=O)NCCc1ccccc1)N1CC2CCCCC2C1. The van der Waals surface area contributed by atoms with Gasteiger partial charge in [0.05, 0.1) is 6.54 Å². The molecule has 1 aromatic carbocycles. The summed E-state index contributed by atoms with van der Waals surface area (Å²) in [5, 5.41) is 6.21. The zero-order chi connectivity index (χ0) is 17.5. The normalized spacial score (nSPS) is 23.2. The number of fused-ring (bicyclic) bond motifs is 1. The van der Waals surface area contributed by atoms with Crippen LogP contribution in [0.4, 0.5) is 0 Å². The van der Waals surface area contributed by atoms with Crippen LogP contribution in [0.2, 0.25) is 0 Å². The van der Waals surface area contributed by atoms with E-state index in [0.717, 1.165) is 37.3 Å². The minimum atomic E-state index is 0.0219. The number of amides is 1. The molecule has 2 unspecified atom stereocenters. The number of guanidine groups is 1. The van der Waals surface area contributed by atoms with Crippen LogP contribution in [-0.4, -0.2) is 50.0 Å². The quantitative estimate of drug-likeness (QED) is 0.636. The molecule has 1 saturated heterocycles. The van der Waals surface area contributed by atoms with Crippen LogP contribution in [0.15, 0.2) is 35.3 Å². The van der Waals surface area contributed by atoms with Crippen LogP contribution in [0.5, 0.6) is 0 Å². The molecule has 0 bridgehead atoms. The first-order chi connectivity index (χ1) is 12.3. The van der Waals surface area contributed by atoms with E-state index in [4.69, 9.17) is 0 Å². The number of hydrogen-bond acceptors (Lipinski definition) is 2. The third-order valence-corrected chi connectivity index (χ3v) is 5.47. The second kappa shape index (κ2) is 8.88. The van der Waals surface area contributed by atoms with Gasteiger partial charge >= 0.3 is 0 Å². The molecule has 136 valence electrons. The van der Waals surface area contributed by atoms with Crippen LogP contribution in [0.25, 0.3) is 0 Å². The van der Waals surface area contributed by atoms with Gasteiger partial charge in [0.15, 0.2) is 5.96 Å². The standard InChI is InChI=1S/C20H30N4O/c1-21-20(24-14-17-9-5-6-10-18(17)15-24)23-13-19(25)22-12-11-16-7-3-2-4-8-16/h2-4,7-8,17-18H,5-6,9-15H2,1H3,(H,21,23)(H,22,25). The van der Waals surface area contributed by atoms with Crippen molar-refractivity contribution in [3.8, 4) is 0 Å². The fraction of sp³-hybridized carbons (Fsp3) is 0.600. The number of benzene rings is 1. The van der Waals surface area contributed by atoms with Crippen molar-refractivity contribution in [1.82, 2.24) is 15.5 Å². The van der Waals surface area contributed by atoms with Crippen molar-refractivity contribution in [1.29, 1.82) is 0 Å². The summed E-state index contributed by atoms with van der Waals surface area (Å²) >= 11 is 0. The fourth-order valence-corrected chi connectivity index (χ4v) is 4.12. The average molecular weight is 342 g/mol. The molecule has 1 amide bonds. The molecule has 1 aromatic rings. The second-order valence-electron chi connectivity index (χ2n) is 7.20. The Balaban J connectivity index is 1.38. The Labute approximate surface area is 150 Å². The molecule has 1 aliphatic carbocycles. The number of carbonyl (C=O) groups is 1. The highest BCUT2D eigenvalue weighted by Gasteiger charge is 2.35. The molecule has 0 aromatic heterocycles. The number of nitrogens with zero attached hydrogens (tertiary/aromatic N) is 2. The van der Waals surface area contributed by atoms with Gasteiger partial charge in [0.2, 0.25) is 5.91 Å². The van der Waals surface area contributed by atoms with Gasteiger partial charge in [-0.25, -0.2) is 0 Å². The van der Waals surface area contributed by atoms with Crippen molar-refractivity contribution < 1.29 is 4.79 Å². The van der Waals surface area contributed by atoms with Gasteiger partial charge in [-0.3, -0.25) is 9.79 Å². The molecule has 2 atom stereocenters. The number of hydrogen-bond donors (Lipinski definition) is 2. The molecule has 0 radical (unpaired) electrons. The van der Waals surface area contributed by atoms with Crippen LogP contribution in [0.1, 0.15) is 31.2 Å². The summed E-state index contributed by atoms with van der Waals surface area (Å²) < 4.78 is 0. The van der Waals surface area contributed by atoms with Gasteiger partial charge in [0.1, 0.15) is 0 Å². The van der Waals surface area contributed by atoms with Crippen molar-refractivity contribution in [3.63, 3.8) is 0 Å². The number of rotatable bonds is 5. The Bertz CT molecular complexity index is 573. The number of aliphatic imine (C=N–C) groups is 1. The molecule has 0 spiro atoms. The lowest BCUT2D eigenvalue weighted by Crippen LogP contribution is -2.45. The van der Waals surface area contributed by atoms with Gasteiger partial charge in [-0.2, -0.15) is 0 Å². The lowest BCUT2D eigenvalue weighted by Gasteiger charge is -2.22. The Morgan fingerprint density at radius 3 is 2.44 bits per heavy atom. The van der Waals surface area contributed by atoms with Crippen LogP contribution in [0, 0.1) is 11.8 Å². The maximum atomic E-state index is 12.1. The van der Waals surface area contributed by atoms with E-state index in [9.17, 15) is 4.79 Å². The van der Waals surface area contributed by atoms with Crippen molar-refractivity contribution in [2.24, 2.45) is 16.8 Å². The van der Waals surface area contributed by atoms with E-state index in [1.54, 1.807) is 7.05 Å². The molecule has 2 fully saturated rings. The van der Waals surface area contributed by atoms with Gasteiger partial charge in [0, 0.05) is 26.7 Å². The summed E-state index contributed by atoms with van der Waals surface area (Å²) in [5.41, 5.74) is 1.24. The smallest absolute Gasteiger partial charge is 0.239 e. The molecular weight excluding hydrogens is 312 g/mol. The molecule has 3 rings (SSSR count). The van der Waals surface area contributed by atoms with Gasteiger partial charge < -0.3 is 15.5 Å². The highest BCUT2D eigenvalue weighted by atomic mass is 16.1. The Hall–Kier alpha value is -2.04. The zero-order valence-electron chi connectivity index (χ0n) is 15.2. The van der Waals surface area contributed by atoms with Gasteiger partial charge in [0.25, 0.3) is 0 Å². The highest BCUT2D eigenvalue weighted by molar-refractivity contribution is 5.86. The zero-order valence-corrected chi connectivity index (χ0v) is 15.2. The average Bonchev–Trinajstić information content (AvgIpc) is 3.07. The van der Waals surface area contributed by atoms with Crippen molar-refractivity contribution in [3.05, 3.63) is 35.9 Å². The molecule has 5 heteroatoms. The monoisotopic (exact) mass is 342 g/mol. The summed E-state index contributed by atoms with van der Waals surface area (Å²) in [7, 11) is 1.80. The van der Waals surface area contributed by atoms with E-state index >= 15 is 0 Å². The van der Waals surface area contributed by atoms with Gasteiger partial charge in [-0.1, -0.05) is 43.2 Å². The lowest BCUT2D eigenvalue weighted by atomic mass is 9.82. The van der Waals surface area contributed by atoms with Crippen LogP contribution in [-0.2, 0) is 11.2 Å². The van der Waals surface area contributed by atoms with Gasteiger partial charge in [-0.05, 0) is 36.7 Å². The second-order valence-corrected chi connectivity index (χ2v) is 7.20. The topological polar surface area (TPSA) is 56.7 Å². The third-order valence-electron chi connectivity index (χ3n) is 5.47. The summed E-state index contributed by atoms with van der Waals surface area (Å²) in [6, 6.07) is 10.2. The largest absolute Gasteiger partial charge is 0.354 e. The molecular formula is C20H30N4O. The number of carbonyl (C=O) groups excluding carboxylic acids is 1. The molecule has 5 nitrogen and oxygen atoms in total. The van der Waals surface area contributed by atoms with Gasteiger partial charge in [-0.15, -0.1) is 0 Å². The van der Waals surface area contributed by atoms with E-state index in [1.165, 1.54) is 31.2 Å². The first-order valence-electron chi connectivity index (χ1n) is 9.52. The molecule has 2 aliphatic rings. The van der Waals surface area contributed by atoms with Crippen LogP contribution >= 0.6 is 0 Å². The van der Waals surface area contributed by atoms with Crippen LogP contribution in [0.3, 0.4) is 0 Å². The fourth-order valence-electron chi connectivity index (χ4n) is 4.12. The number of likely N-dealkylation sites (tertiary alicyclic amines) is 1. The summed E-state index contributed by atoms with van der Waals surface area (Å²) in [6.45, 7) is 3.12. The summed E-state index contributed by atoms with van der Waals surface area (Å²) in [4.78, 5) is 18.8. The predicted octanol–water partition coefficient (Wildman–Crippen LogP) is 2.04. The van der Waals surface area contributed by atoms with E-state index in [1.807, 2.05) is 18.2 Å². The summed E-state index contributed by atoms with van der Waals surface area (Å²) in [6.07, 6.45) is 6.28. The van der Waals surface area contributed by atoms with E-state index in [2.05, 4.69) is 32.7 Å². The van der Waals surface area contributed by atoms with Crippen molar-refractivity contribution in [2.45, 2.75) is 32.1 Å². The van der Waals surface area contributed by atoms with Crippen LogP contribution < -0.4 is 10.6 Å². The molecule has 1 saturated carbocycles. The first kappa shape index (κ1) is 17.8. The molecule has 25 heavy (non-hydrogen) atoms. The van der Waals surface area contributed by atoms with Crippen molar-refractivity contribution in [2.75, 3.05) is 33.2 Å². The van der Waals surface area contributed by atoms with E-state index in [0.29, 0.717) is 6.54 Å². The third kappa shape index (κ3) is 4.97. The van der Waals surface area contributed by atoms with Crippen molar-refractivity contribution >= 4 is 11.9 Å². The highest BCUT2D eigenvalue weighted by Crippen LogP contribution is 2.35. The minimum absolute atomic E-state index is 0.0219. The maximum Gasteiger partial charge on any atom is 0.239 e. The lowest BCUT2D eigenvalue weighted by molar-refractivity contribution is -0.120. The first-order valence-corrected chi connectivity index (χ1v) is 9.52. The Kier molecular flexibility index (Phi) is 6.31. The van der Waals surface area contributed by atoms with E-state index < -0.39 is 0 Å². The molecule has 1 aliphatic heterocycles. The minimum Gasteiger partial charge on any atom is -0.354 e. The molecule has 1 heterocycles. The Morgan fingerprint density at radius 2 is 1.80 bits per heavy atom. The Morgan fingerprint density at radius 1 is 1.12 bits per heavy atom. The number of nitrogens with one attached hydrogen (secondary N) is 2. The summed E-state index contributed by atoms with van der Waals surface area (Å²) in [5.74, 6) is 2.51. The maximum absolute atomic E-state index is 12.1.